The topological polar surface area (TPSA) is 58.6 Å². The number of fused-ring (bicyclic) bond motifs is 1. The van der Waals surface area contributed by atoms with Crippen LogP contribution in [0.5, 0.6) is 5.75 Å². The smallest absolute Gasteiger partial charge is 0.267 e. The Kier molecular flexibility index (Phi) is 5.24. The molecule has 2 aromatic carbocycles. The van der Waals surface area contributed by atoms with Gasteiger partial charge in [-0.15, -0.1) is 0 Å². The number of carbonyl (C=O) groups is 2. The van der Waals surface area contributed by atoms with Crippen LogP contribution in [0.2, 0.25) is 5.02 Å². The number of hydrogen-bond acceptors (Lipinski definition) is 3. The molecule has 0 aromatic heterocycles. The number of para-hydroxylation sites is 2. The van der Waals surface area contributed by atoms with Crippen LogP contribution in [0.1, 0.15) is 18.9 Å². The maximum atomic E-state index is 12.4. The molecule has 0 radical (unpaired) electrons. The fourth-order valence-electron chi connectivity index (χ4n) is 2.69. The Morgan fingerprint density at radius 1 is 1.20 bits per heavy atom. The number of halogens is 1. The van der Waals surface area contributed by atoms with Gasteiger partial charge in [-0.2, -0.15) is 0 Å². The van der Waals surface area contributed by atoms with Crippen molar-refractivity contribution >= 4 is 29.1 Å². The fraction of sp³-hybridized carbons (Fsp3) is 0.263. The molecule has 1 heterocycles. The number of amides is 2. The Labute approximate surface area is 151 Å². The number of benzene rings is 2. The van der Waals surface area contributed by atoms with Crippen LogP contribution >= 0.6 is 11.6 Å². The van der Waals surface area contributed by atoms with Crippen LogP contribution in [0.25, 0.3) is 0 Å². The van der Waals surface area contributed by atoms with Gasteiger partial charge in [0.25, 0.3) is 5.91 Å². The van der Waals surface area contributed by atoms with E-state index >= 15 is 0 Å². The summed E-state index contributed by atoms with van der Waals surface area (Å²) in [5, 5.41) is 3.52. The lowest BCUT2D eigenvalue weighted by Gasteiger charge is -2.32. The van der Waals surface area contributed by atoms with Crippen LogP contribution in [0.3, 0.4) is 0 Å². The molecule has 0 spiro atoms. The predicted molar refractivity (Wildman–Crippen MR) is 96.8 cm³/mol. The van der Waals surface area contributed by atoms with Gasteiger partial charge in [0.15, 0.2) is 6.10 Å². The van der Waals surface area contributed by atoms with Gasteiger partial charge in [-0.1, -0.05) is 35.9 Å². The highest BCUT2D eigenvalue weighted by Crippen LogP contribution is 2.33. The summed E-state index contributed by atoms with van der Waals surface area (Å²) < 4.78 is 5.59. The highest BCUT2D eigenvalue weighted by Gasteiger charge is 2.31. The van der Waals surface area contributed by atoms with E-state index in [2.05, 4.69) is 5.32 Å². The zero-order valence-corrected chi connectivity index (χ0v) is 14.6. The predicted octanol–water partition coefficient (Wildman–Crippen LogP) is 3.16. The van der Waals surface area contributed by atoms with Crippen LogP contribution < -0.4 is 15.0 Å². The van der Waals surface area contributed by atoms with Gasteiger partial charge in [0.05, 0.1) is 5.69 Å². The van der Waals surface area contributed by atoms with Crippen molar-refractivity contribution in [3.8, 4) is 5.75 Å². The molecule has 1 aliphatic heterocycles. The van der Waals surface area contributed by atoms with Gasteiger partial charge in [-0.25, -0.2) is 0 Å². The Hall–Kier alpha value is -2.53. The van der Waals surface area contributed by atoms with Gasteiger partial charge in [0.1, 0.15) is 5.75 Å². The summed E-state index contributed by atoms with van der Waals surface area (Å²) in [6, 6.07) is 14.7. The molecular formula is C19H19ClN2O3. The SMILES string of the molecule is C[C@H]1Oc2ccccc2N(CCC(=O)NCc2ccc(Cl)cc2)C1=O. The molecule has 0 unspecified atom stereocenters. The van der Waals surface area contributed by atoms with Gasteiger partial charge >= 0.3 is 0 Å². The minimum Gasteiger partial charge on any atom is -0.479 e. The standard InChI is InChI=1S/C19H19ClN2O3/c1-13-19(24)22(16-4-2-3-5-17(16)25-13)11-10-18(23)21-12-14-6-8-15(20)9-7-14/h2-9,13H,10-12H2,1H3,(H,21,23)/t13-/m1/s1. The molecule has 1 atom stereocenters. The maximum Gasteiger partial charge on any atom is 0.267 e. The van der Waals surface area contributed by atoms with Gasteiger partial charge < -0.3 is 15.0 Å². The van der Waals surface area contributed by atoms with Crippen molar-refractivity contribution in [1.29, 1.82) is 0 Å². The highest BCUT2D eigenvalue weighted by molar-refractivity contribution is 6.30. The van der Waals surface area contributed by atoms with E-state index < -0.39 is 6.10 Å². The fourth-order valence-corrected chi connectivity index (χ4v) is 2.82. The van der Waals surface area contributed by atoms with E-state index in [-0.39, 0.29) is 18.2 Å². The highest BCUT2D eigenvalue weighted by atomic mass is 35.5. The van der Waals surface area contributed by atoms with Crippen molar-refractivity contribution in [2.75, 3.05) is 11.4 Å². The molecule has 0 saturated carbocycles. The summed E-state index contributed by atoms with van der Waals surface area (Å²) in [5.41, 5.74) is 1.68. The summed E-state index contributed by atoms with van der Waals surface area (Å²) >= 11 is 5.84. The summed E-state index contributed by atoms with van der Waals surface area (Å²) in [4.78, 5) is 26.1. The minimum atomic E-state index is -0.549. The monoisotopic (exact) mass is 358 g/mol. The molecule has 2 aromatic rings. The first-order valence-electron chi connectivity index (χ1n) is 8.13. The zero-order valence-electron chi connectivity index (χ0n) is 13.9. The molecule has 0 saturated heterocycles. The van der Waals surface area contributed by atoms with E-state index in [0.29, 0.717) is 29.5 Å². The molecular weight excluding hydrogens is 340 g/mol. The lowest BCUT2D eigenvalue weighted by atomic mass is 10.1. The Morgan fingerprint density at radius 3 is 2.68 bits per heavy atom. The van der Waals surface area contributed by atoms with E-state index in [9.17, 15) is 9.59 Å². The molecule has 0 aliphatic carbocycles. The quantitative estimate of drug-likeness (QED) is 0.893. The lowest BCUT2D eigenvalue weighted by molar-refractivity contribution is -0.125. The second-order valence-electron chi connectivity index (χ2n) is 5.87. The lowest BCUT2D eigenvalue weighted by Crippen LogP contribution is -2.45. The summed E-state index contributed by atoms with van der Waals surface area (Å²) in [6.07, 6.45) is -0.326. The molecule has 0 bridgehead atoms. The average molecular weight is 359 g/mol. The third kappa shape index (κ3) is 4.12. The largest absolute Gasteiger partial charge is 0.479 e. The van der Waals surface area contributed by atoms with E-state index in [1.54, 1.807) is 24.0 Å². The second-order valence-corrected chi connectivity index (χ2v) is 6.31. The number of rotatable bonds is 5. The Morgan fingerprint density at radius 2 is 1.92 bits per heavy atom. The first kappa shape index (κ1) is 17.3. The van der Waals surface area contributed by atoms with Crippen molar-refractivity contribution in [3.05, 3.63) is 59.1 Å². The van der Waals surface area contributed by atoms with E-state index in [4.69, 9.17) is 16.3 Å². The van der Waals surface area contributed by atoms with E-state index in [0.717, 1.165) is 5.56 Å². The third-order valence-electron chi connectivity index (χ3n) is 4.04. The molecule has 1 aliphatic rings. The number of nitrogens with zero attached hydrogens (tertiary/aromatic N) is 1. The van der Waals surface area contributed by atoms with Crippen LogP contribution in [0.4, 0.5) is 5.69 Å². The molecule has 2 amide bonds. The molecule has 0 fully saturated rings. The summed E-state index contributed by atoms with van der Waals surface area (Å²) in [7, 11) is 0. The van der Waals surface area contributed by atoms with Gasteiger partial charge in [0, 0.05) is 24.5 Å². The number of ether oxygens (including phenoxy) is 1. The molecule has 25 heavy (non-hydrogen) atoms. The minimum absolute atomic E-state index is 0.112. The van der Waals surface area contributed by atoms with E-state index in [1.807, 2.05) is 36.4 Å². The van der Waals surface area contributed by atoms with Crippen LogP contribution in [-0.4, -0.2) is 24.5 Å². The second kappa shape index (κ2) is 7.57. The molecule has 3 rings (SSSR count). The number of anilines is 1. The summed E-state index contributed by atoms with van der Waals surface area (Å²) in [5.74, 6) is 0.416. The van der Waals surface area contributed by atoms with Crippen molar-refractivity contribution in [2.45, 2.75) is 26.0 Å². The first-order valence-corrected chi connectivity index (χ1v) is 8.50. The molecule has 1 N–H and O–H groups in total. The molecule has 5 nitrogen and oxygen atoms in total. The van der Waals surface area contributed by atoms with E-state index in [1.165, 1.54) is 0 Å². The number of hydrogen-bond donors (Lipinski definition) is 1. The molecule has 130 valence electrons. The Balaban J connectivity index is 1.58. The summed E-state index contributed by atoms with van der Waals surface area (Å²) in [6.45, 7) is 2.46. The maximum absolute atomic E-state index is 12.4. The van der Waals surface area contributed by atoms with Crippen LogP contribution in [-0.2, 0) is 16.1 Å². The number of nitrogens with one attached hydrogen (secondary N) is 1. The van der Waals surface area contributed by atoms with Crippen molar-refractivity contribution in [1.82, 2.24) is 5.32 Å². The average Bonchev–Trinajstić information content (AvgIpc) is 2.61. The van der Waals surface area contributed by atoms with Crippen molar-refractivity contribution in [2.24, 2.45) is 0 Å². The van der Waals surface area contributed by atoms with Crippen LogP contribution in [0, 0.1) is 0 Å². The Bertz CT molecular complexity index is 776. The normalized spacial score (nSPS) is 16.2. The van der Waals surface area contributed by atoms with Crippen LogP contribution in [0.15, 0.2) is 48.5 Å². The van der Waals surface area contributed by atoms with Gasteiger partial charge in [-0.3, -0.25) is 9.59 Å². The third-order valence-corrected chi connectivity index (χ3v) is 4.29. The molecule has 6 heteroatoms. The zero-order chi connectivity index (χ0) is 17.8. The van der Waals surface area contributed by atoms with Crippen molar-refractivity contribution < 1.29 is 14.3 Å². The van der Waals surface area contributed by atoms with Gasteiger partial charge in [0.2, 0.25) is 5.91 Å². The van der Waals surface area contributed by atoms with Crippen molar-refractivity contribution in [3.63, 3.8) is 0 Å². The van der Waals surface area contributed by atoms with Gasteiger partial charge in [-0.05, 0) is 36.8 Å². The first-order chi connectivity index (χ1) is 12.0. The number of carbonyl (C=O) groups excluding carboxylic acids is 2.